The fraction of sp³-hybridized carbons (Fsp3) is 0.286. The topological polar surface area (TPSA) is 87.7 Å². The van der Waals surface area contributed by atoms with Crippen LogP contribution in [-0.2, 0) is 20.9 Å². The zero-order valence-corrected chi connectivity index (χ0v) is 17.9. The maximum absolute atomic E-state index is 14.8. The second-order valence-electron chi connectivity index (χ2n) is 6.82. The van der Waals surface area contributed by atoms with Gasteiger partial charge in [0, 0.05) is 19.0 Å². The molecule has 30 heavy (non-hydrogen) atoms. The Labute approximate surface area is 181 Å². The molecule has 0 aromatic heterocycles. The van der Waals surface area contributed by atoms with Gasteiger partial charge in [0.15, 0.2) is 0 Å². The third-order valence-corrected chi connectivity index (χ3v) is 5.10. The minimum atomic E-state index is -0.576. The van der Waals surface area contributed by atoms with E-state index in [1.807, 2.05) is 12.1 Å². The van der Waals surface area contributed by atoms with E-state index in [2.05, 4.69) is 26.6 Å². The number of nitrogens with zero attached hydrogens (tertiary/aromatic N) is 1. The SMILES string of the molecule is CC(=O)NCC1CN(c2ccc(-c3ccc(CNC(=O)CBr)cc3)c(F)c2)C(=O)O1. The van der Waals surface area contributed by atoms with Crippen molar-refractivity contribution in [3.63, 3.8) is 0 Å². The van der Waals surface area contributed by atoms with Crippen molar-refractivity contribution in [1.82, 2.24) is 10.6 Å². The van der Waals surface area contributed by atoms with Crippen LogP contribution < -0.4 is 15.5 Å². The number of benzene rings is 2. The molecular formula is C21H21BrFN3O4. The Morgan fingerprint density at radius 3 is 2.57 bits per heavy atom. The first kappa shape index (κ1) is 21.8. The Morgan fingerprint density at radius 2 is 1.93 bits per heavy atom. The van der Waals surface area contributed by atoms with Crippen LogP contribution in [0.2, 0.25) is 0 Å². The molecule has 1 atom stereocenters. The van der Waals surface area contributed by atoms with Crippen molar-refractivity contribution in [1.29, 1.82) is 0 Å². The van der Waals surface area contributed by atoms with E-state index in [1.54, 1.807) is 24.3 Å². The molecule has 3 rings (SSSR count). The molecule has 0 spiro atoms. The fourth-order valence-electron chi connectivity index (χ4n) is 3.05. The van der Waals surface area contributed by atoms with E-state index in [9.17, 15) is 18.8 Å². The smallest absolute Gasteiger partial charge is 0.414 e. The molecule has 0 saturated carbocycles. The maximum Gasteiger partial charge on any atom is 0.414 e. The van der Waals surface area contributed by atoms with Gasteiger partial charge in [0.05, 0.1) is 24.1 Å². The lowest BCUT2D eigenvalue weighted by molar-refractivity contribution is -0.119. The number of halogens is 2. The van der Waals surface area contributed by atoms with Crippen molar-refractivity contribution >= 4 is 39.5 Å². The molecule has 9 heteroatoms. The van der Waals surface area contributed by atoms with Crippen molar-refractivity contribution in [2.75, 3.05) is 23.3 Å². The minimum Gasteiger partial charge on any atom is -0.442 e. The van der Waals surface area contributed by atoms with Gasteiger partial charge >= 0.3 is 6.09 Å². The van der Waals surface area contributed by atoms with E-state index in [0.29, 0.717) is 23.4 Å². The van der Waals surface area contributed by atoms with E-state index in [1.165, 1.54) is 17.9 Å². The van der Waals surface area contributed by atoms with Crippen molar-refractivity contribution < 1.29 is 23.5 Å². The highest BCUT2D eigenvalue weighted by Crippen LogP contribution is 2.29. The van der Waals surface area contributed by atoms with Crippen molar-refractivity contribution in [3.8, 4) is 11.1 Å². The first-order chi connectivity index (χ1) is 14.4. The predicted octanol–water partition coefficient (Wildman–Crippen LogP) is 2.97. The number of cyclic esters (lactones) is 1. The van der Waals surface area contributed by atoms with Crippen LogP contribution in [0.15, 0.2) is 42.5 Å². The van der Waals surface area contributed by atoms with Crippen LogP contribution in [-0.4, -0.2) is 42.4 Å². The number of carbonyl (C=O) groups is 3. The summed E-state index contributed by atoms with van der Waals surface area (Å²) in [7, 11) is 0. The molecule has 0 radical (unpaired) electrons. The molecule has 0 aliphatic carbocycles. The van der Waals surface area contributed by atoms with E-state index in [4.69, 9.17) is 4.74 Å². The summed E-state index contributed by atoms with van der Waals surface area (Å²) in [5, 5.41) is 5.59. The predicted molar refractivity (Wildman–Crippen MR) is 114 cm³/mol. The molecule has 7 nitrogen and oxygen atoms in total. The molecule has 0 bridgehead atoms. The second kappa shape index (κ2) is 9.71. The van der Waals surface area contributed by atoms with Crippen molar-refractivity contribution in [2.24, 2.45) is 0 Å². The van der Waals surface area contributed by atoms with E-state index >= 15 is 0 Å². The van der Waals surface area contributed by atoms with Gasteiger partial charge in [0.1, 0.15) is 11.9 Å². The normalized spacial score (nSPS) is 15.6. The Kier molecular flexibility index (Phi) is 7.04. The molecule has 2 aromatic carbocycles. The number of anilines is 1. The summed E-state index contributed by atoms with van der Waals surface area (Å²) >= 11 is 3.09. The second-order valence-corrected chi connectivity index (χ2v) is 7.39. The maximum atomic E-state index is 14.8. The van der Waals surface area contributed by atoms with Gasteiger partial charge in [-0.05, 0) is 29.3 Å². The fourth-order valence-corrected chi connectivity index (χ4v) is 3.25. The van der Waals surface area contributed by atoms with Gasteiger partial charge in [0.25, 0.3) is 0 Å². The summed E-state index contributed by atoms with van der Waals surface area (Å²) in [6.45, 7) is 2.21. The number of alkyl halides is 1. The molecule has 3 amide bonds. The third-order valence-electron chi connectivity index (χ3n) is 4.59. The molecule has 1 aliphatic heterocycles. The number of carbonyl (C=O) groups excluding carboxylic acids is 3. The highest BCUT2D eigenvalue weighted by molar-refractivity contribution is 9.09. The van der Waals surface area contributed by atoms with Gasteiger partial charge in [-0.3, -0.25) is 14.5 Å². The number of rotatable bonds is 7. The average molecular weight is 478 g/mol. The zero-order valence-electron chi connectivity index (χ0n) is 16.3. The van der Waals surface area contributed by atoms with Gasteiger partial charge in [-0.1, -0.05) is 40.2 Å². The van der Waals surface area contributed by atoms with Gasteiger partial charge in [-0.25, -0.2) is 9.18 Å². The lowest BCUT2D eigenvalue weighted by Crippen LogP contribution is -2.33. The molecule has 2 N–H and O–H groups in total. The van der Waals surface area contributed by atoms with Crippen molar-refractivity contribution in [2.45, 2.75) is 19.6 Å². The van der Waals surface area contributed by atoms with Crippen LogP contribution >= 0.6 is 15.9 Å². The zero-order chi connectivity index (χ0) is 21.7. The first-order valence-electron chi connectivity index (χ1n) is 9.31. The Hall–Kier alpha value is -2.94. The molecule has 2 aromatic rings. The molecule has 1 fully saturated rings. The largest absolute Gasteiger partial charge is 0.442 e. The number of amides is 3. The summed E-state index contributed by atoms with van der Waals surface area (Å²) < 4.78 is 20.0. The monoisotopic (exact) mass is 477 g/mol. The van der Waals surface area contributed by atoms with Crippen LogP contribution in [0.4, 0.5) is 14.9 Å². The summed E-state index contributed by atoms with van der Waals surface area (Å²) in [6, 6.07) is 11.8. The lowest BCUT2D eigenvalue weighted by Gasteiger charge is -2.15. The van der Waals surface area contributed by atoms with E-state index < -0.39 is 18.0 Å². The van der Waals surface area contributed by atoms with Crippen LogP contribution in [0.25, 0.3) is 11.1 Å². The van der Waals surface area contributed by atoms with Gasteiger partial charge < -0.3 is 15.4 Å². The average Bonchev–Trinajstić information content (AvgIpc) is 3.11. The van der Waals surface area contributed by atoms with E-state index in [0.717, 1.165) is 5.56 Å². The Bertz CT molecular complexity index is 952. The number of ether oxygens (including phenoxy) is 1. The summed E-state index contributed by atoms with van der Waals surface area (Å²) in [4.78, 5) is 35.8. The Morgan fingerprint density at radius 1 is 1.20 bits per heavy atom. The first-order valence-corrected chi connectivity index (χ1v) is 10.4. The summed E-state index contributed by atoms with van der Waals surface area (Å²) in [5.74, 6) is -0.789. The van der Waals surface area contributed by atoms with Gasteiger partial charge in [-0.15, -0.1) is 0 Å². The lowest BCUT2D eigenvalue weighted by atomic mass is 10.0. The van der Waals surface area contributed by atoms with Crippen LogP contribution in [0, 0.1) is 5.82 Å². The quantitative estimate of drug-likeness (QED) is 0.600. The molecule has 1 aliphatic rings. The standard InChI is InChI=1S/C21H21BrFN3O4/c1-13(27)24-11-17-12-26(21(29)30-17)16-6-7-18(19(23)8-16)15-4-2-14(3-5-15)10-25-20(28)9-22/h2-8,17H,9-12H2,1H3,(H,24,27)(H,25,28). The summed E-state index contributed by atoms with van der Waals surface area (Å²) in [6.07, 6.45) is -1.06. The number of hydrogen-bond acceptors (Lipinski definition) is 4. The molecule has 1 saturated heterocycles. The minimum absolute atomic E-state index is 0.111. The number of hydrogen-bond donors (Lipinski definition) is 2. The summed E-state index contributed by atoms with van der Waals surface area (Å²) in [5.41, 5.74) is 2.37. The van der Waals surface area contributed by atoms with Crippen LogP contribution in [0.1, 0.15) is 12.5 Å². The van der Waals surface area contributed by atoms with E-state index in [-0.39, 0.29) is 30.2 Å². The number of nitrogens with one attached hydrogen (secondary N) is 2. The van der Waals surface area contributed by atoms with Crippen LogP contribution in [0.5, 0.6) is 0 Å². The van der Waals surface area contributed by atoms with Gasteiger partial charge in [0.2, 0.25) is 11.8 Å². The molecular weight excluding hydrogens is 457 g/mol. The van der Waals surface area contributed by atoms with Gasteiger partial charge in [-0.2, -0.15) is 0 Å². The Balaban J connectivity index is 1.69. The third kappa shape index (κ3) is 5.35. The molecule has 158 valence electrons. The highest BCUT2D eigenvalue weighted by atomic mass is 79.9. The molecule has 1 heterocycles. The van der Waals surface area contributed by atoms with Crippen molar-refractivity contribution in [3.05, 3.63) is 53.8 Å². The molecule has 1 unspecified atom stereocenters. The highest BCUT2D eigenvalue weighted by Gasteiger charge is 2.32. The van der Waals surface area contributed by atoms with Crippen LogP contribution in [0.3, 0.4) is 0 Å².